The van der Waals surface area contributed by atoms with E-state index in [1.807, 2.05) is 6.92 Å². The molecule has 0 saturated carbocycles. The van der Waals surface area contributed by atoms with Crippen molar-refractivity contribution in [2.45, 2.75) is 33.7 Å². The second kappa shape index (κ2) is 4.92. The van der Waals surface area contributed by atoms with Gasteiger partial charge in [-0.1, -0.05) is 32.4 Å². The molecule has 0 aromatic carbocycles. The summed E-state index contributed by atoms with van der Waals surface area (Å²) in [6.45, 7) is 8.31. The van der Waals surface area contributed by atoms with Crippen molar-refractivity contribution in [2.24, 2.45) is 5.41 Å². The zero-order chi connectivity index (χ0) is 13.2. The topological polar surface area (TPSA) is 62.2 Å². The minimum atomic E-state index is -1.05. The Morgan fingerprint density at radius 1 is 1.53 bits per heavy atom. The average molecular weight is 257 g/mol. The Morgan fingerprint density at radius 2 is 2.12 bits per heavy atom. The molecule has 1 heterocycles. The van der Waals surface area contributed by atoms with Crippen LogP contribution >= 0.6 is 11.6 Å². The van der Waals surface area contributed by atoms with Gasteiger partial charge in [-0.25, -0.2) is 9.78 Å². The molecule has 1 aromatic heterocycles. The van der Waals surface area contributed by atoms with Gasteiger partial charge in [0.25, 0.3) is 0 Å². The molecular weight excluding hydrogens is 240 g/mol. The summed E-state index contributed by atoms with van der Waals surface area (Å²) >= 11 is 5.75. The van der Waals surface area contributed by atoms with Gasteiger partial charge in [0.05, 0.1) is 10.6 Å². The van der Waals surface area contributed by atoms with Crippen LogP contribution in [0.25, 0.3) is 0 Å². The maximum atomic E-state index is 10.9. The summed E-state index contributed by atoms with van der Waals surface area (Å²) in [4.78, 5) is 15.0. The minimum absolute atomic E-state index is 0.0602. The largest absolute Gasteiger partial charge is 0.478 e. The molecule has 17 heavy (non-hydrogen) atoms. The van der Waals surface area contributed by atoms with E-state index in [4.69, 9.17) is 16.7 Å². The third-order valence-corrected chi connectivity index (χ3v) is 3.05. The lowest BCUT2D eigenvalue weighted by atomic mass is 9.88. The number of halogens is 1. The van der Waals surface area contributed by atoms with E-state index in [-0.39, 0.29) is 22.0 Å². The molecule has 1 aromatic rings. The number of pyridine rings is 1. The van der Waals surface area contributed by atoms with Gasteiger partial charge in [-0.05, 0) is 18.4 Å². The summed E-state index contributed by atoms with van der Waals surface area (Å²) < 4.78 is 0. The van der Waals surface area contributed by atoms with Gasteiger partial charge in [0.15, 0.2) is 0 Å². The SMILES string of the molecule is CC(Nc1cc(C(=O)O)c(Cl)cn1)C(C)(C)C. The molecule has 1 atom stereocenters. The molecular formula is C12H17ClN2O2. The Kier molecular flexibility index (Phi) is 3.98. The highest BCUT2D eigenvalue weighted by atomic mass is 35.5. The standard InChI is InChI=1S/C12H17ClN2O2/c1-7(12(2,3)4)15-10-5-8(11(16)17)9(13)6-14-10/h5-7H,1-4H3,(H,14,15)(H,16,17). The molecule has 0 bridgehead atoms. The number of aromatic carboxylic acids is 1. The first-order valence-electron chi connectivity index (χ1n) is 5.37. The highest BCUT2D eigenvalue weighted by Gasteiger charge is 2.20. The Bertz CT molecular complexity index is 427. The first-order chi connectivity index (χ1) is 7.71. The summed E-state index contributed by atoms with van der Waals surface area (Å²) in [6, 6.07) is 1.62. The summed E-state index contributed by atoms with van der Waals surface area (Å²) in [6.07, 6.45) is 1.35. The van der Waals surface area contributed by atoms with E-state index >= 15 is 0 Å². The second-order valence-electron chi connectivity index (χ2n) is 5.09. The zero-order valence-electron chi connectivity index (χ0n) is 10.4. The molecule has 0 saturated heterocycles. The van der Waals surface area contributed by atoms with Gasteiger partial charge >= 0.3 is 5.97 Å². The van der Waals surface area contributed by atoms with E-state index in [1.54, 1.807) is 0 Å². The highest BCUT2D eigenvalue weighted by molar-refractivity contribution is 6.33. The maximum Gasteiger partial charge on any atom is 0.337 e. The van der Waals surface area contributed by atoms with E-state index < -0.39 is 5.97 Å². The van der Waals surface area contributed by atoms with E-state index in [0.717, 1.165) is 0 Å². The number of carboxylic acid groups (broad SMARTS) is 1. The van der Waals surface area contributed by atoms with Crippen molar-refractivity contribution in [3.8, 4) is 0 Å². The molecule has 4 nitrogen and oxygen atoms in total. The van der Waals surface area contributed by atoms with E-state index in [9.17, 15) is 4.79 Å². The highest BCUT2D eigenvalue weighted by Crippen LogP contribution is 2.24. The Hall–Kier alpha value is -1.29. The summed E-state index contributed by atoms with van der Waals surface area (Å²) in [5.74, 6) is -0.530. The first-order valence-corrected chi connectivity index (χ1v) is 5.75. The number of nitrogens with one attached hydrogen (secondary N) is 1. The van der Waals surface area contributed by atoms with Gasteiger partial charge in [-0.2, -0.15) is 0 Å². The number of rotatable bonds is 3. The lowest BCUT2D eigenvalue weighted by Crippen LogP contribution is -2.31. The monoisotopic (exact) mass is 256 g/mol. The number of anilines is 1. The molecule has 5 heteroatoms. The Morgan fingerprint density at radius 3 is 2.59 bits per heavy atom. The van der Waals surface area contributed by atoms with Crippen LogP contribution in [0.2, 0.25) is 5.02 Å². The van der Waals surface area contributed by atoms with Crippen LogP contribution < -0.4 is 5.32 Å². The quantitative estimate of drug-likeness (QED) is 0.871. The van der Waals surface area contributed by atoms with Gasteiger partial charge in [-0.3, -0.25) is 0 Å². The van der Waals surface area contributed by atoms with Crippen molar-refractivity contribution < 1.29 is 9.90 Å². The summed E-state index contributed by atoms with van der Waals surface area (Å²) in [5, 5.41) is 12.3. The lowest BCUT2D eigenvalue weighted by molar-refractivity contribution is 0.0697. The Labute approximate surface area is 106 Å². The fraction of sp³-hybridized carbons (Fsp3) is 0.500. The molecule has 0 amide bonds. The molecule has 94 valence electrons. The van der Waals surface area contributed by atoms with Crippen LogP contribution in [0.5, 0.6) is 0 Å². The van der Waals surface area contributed by atoms with Crippen LogP contribution in [0.15, 0.2) is 12.3 Å². The van der Waals surface area contributed by atoms with Gasteiger partial charge in [-0.15, -0.1) is 0 Å². The fourth-order valence-electron chi connectivity index (χ4n) is 1.12. The molecule has 0 aliphatic heterocycles. The van der Waals surface area contributed by atoms with Crippen LogP contribution in [0.1, 0.15) is 38.1 Å². The number of hydrogen-bond donors (Lipinski definition) is 2. The van der Waals surface area contributed by atoms with E-state index in [0.29, 0.717) is 5.82 Å². The average Bonchev–Trinajstić information content (AvgIpc) is 2.19. The predicted octanol–water partition coefficient (Wildman–Crippen LogP) is 3.28. The van der Waals surface area contributed by atoms with Crippen molar-refractivity contribution in [3.63, 3.8) is 0 Å². The summed E-state index contributed by atoms with van der Waals surface area (Å²) in [7, 11) is 0. The van der Waals surface area contributed by atoms with Gasteiger partial charge < -0.3 is 10.4 Å². The van der Waals surface area contributed by atoms with Crippen molar-refractivity contribution in [2.75, 3.05) is 5.32 Å². The Balaban J connectivity index is 2.94. The lowest BCUT2D eigenvalue weighted by Gasteiger charge is -2.28. The van der Waals surface area contributed by atoms with Crippen LogP contribution in [-0.2, 0) is 0 Å². The second-order valence-corrected chi connectivity index (χ2v) is 5.49. The smallest absolute Gasteiger partial charge is 0.337 e. The van der Waals surface area contributed by atoms with Crippen molar-refractivity contribution in [1.29, 1.82) is 0 Å². The number of carbonyl (C=O) groups is 1. The minimum Gasteiger partial charge on any atom is -0.478 e. The normalized spacial score (nSPS) is 13.2. The number of carboxylic acids is 1. The molecule has 1 unspecified atom stereocenters. The van der Waals surface area contributed by atoms with Gasteiger partial charge in [0.2, 0.25) is 0 Å². The van der Waals surface area contributed by atoms with Crippen LogP contribution in [-0.4, -0.2) is 22.1 Å². The number of aromatic nitrogens is 1. The summed E-state index contributed by atoms with van der Waals surface area (Å²) in [5.41, 5.74) is 0.121. The predicted molar refractivity (Wildman–Crippen MR) is 68.7 cm³/mol. The van der Waals surface area contributed by atoms with Crippen molar-refractivity contribution in [1.82, 2.24) is 4.98 Å². The molecule has 1 rings (SSSR count). The van der Waals surface area contributed by atoms with Crippen molar-refractivity contribution in [3.05, 3.63) is 22.8 Å². The van der Waals surface area contributed by atoms with Crippen molar-refractivity contribution >= 4 is 23.4 Å². The number of hydrogen-bond acceptors (Lipinski definition) is 3. The third kappa shape index (κ3) is 3.60. The maximum absolute atomic E-state index is 10.9. The molecule has 0 aliphatic rings. The van der Waals surface area contributed by atoms with Crippen LogP contribution in [0.3, 0.4) is 0 Å². The fourth-order valence-corrected chi connectivity index (χ4v) is 1.30. The number of nitrogens with zero attached hydrogens (tertiary/aromatic N) is 1. The molecule has 2 N–H and O–H groups in total. The molecule has 0 aliphatic carbocycles. The molecule has 0 fully saturated rings. The van der Waals surface area contributed by atoms with Gasteiger partial charge in [0, 0.05) is 12.2 Å². The van der Waals surface area contributed by atoms with E-state index in [2.05, 4.69) is 31.1 Å². The molecule has 0 radical (unpaired) electrons. The van der Waals surface area contributed by atoms with Crippen LogP contribution in [0, 0.1) is 5.41 Å². The molecule has 0 spiro atoms. The first kappa shape index (κ1) is 13.8. The third-order valence-electron chi connectivity index (χ3n) is 2.75. The van der Waals surface area contributed by atoms with Gasteiger partial charge in [0.1, 0.15) is 5.82 Å². The van der Waals surface area contributed by atoms with Crippen LogP contribution in [0.4, 0.5) is 5.82 Å². The zero-order valence-corrected chi connectivity index (χ0v) is 11.2. The van der Waals surface area contributed by atoms with E-state index in [1.165, 1.54) is 12.3 Å².